The molecule has 0 fully saturated rings. The van der Waals surface area contributed by atoms with Crippen molar-refractivity contribution < 1.29 is 47.9 Å². The Morgan fingerprint density at radius 2 is 1.16 bits per heavy atom. The van der Waals surface area contributed by atoms with Gasteiger partial charge in [0, 0.05) is 72.7 Å². The van der Waals surface area contributed by atoms with Crippen LogP contribution in [0.3, 0.4) is 0 Å². The molecule has 27 heteroatoms. The Morgan fingerprint density at radius 1 is 0.595 bits per heavy atom. The number of amides is 10. The number of aromatic nitrogens is 5. The Hall–Kier alpha value is -8.04. The monoisotopic (exact) mass is 1100 g/mol. The number of aromatic amines is 3. The van der Waals surface area contributed by atoms with Gasteiger partial charge in [0.2, 0.25) is 59.1 Å². The lowest BCUT2D eigenvalue weighted by atomic mass is 9.99. The van der Waals surface area contributed by atoms with E-state index < -0.39 is 126 Å². The molecule has 18 N–H and O–H groups in total. The van der Waals surface area contributed by atoms with Gasteiger partial charge in [0.25, 0.3) is 0 Å². The highest BCUT2D eigenvalue weighted by atomic mass is 16.2. The maximum Gasteiger partial charge on any atom is 0.245 e. The maximum absolute atomic E-state index is 14.3. The molecule has 0 saturated carbocycles. The van der Waals surface area contributed by atoms with E-state index in [9.17, 15) is 47.9 Å². The number of rotatable bonds is 33. The highest BCUT2D eigenvalue weighted by Crippen LogP contribution is 2.20. The number of carbonyl (C=O) groups excluding carboxylic acids is 10. The molecule has 4 aromatic rings. The molecule has 3 heterocycles. The number of H-pyrrole nitrogens is 3. The number of nitrogens with one attached hydrogen (secondary N) is 12. The average Bonchev–Trinajstić information content (AvgIpc) is 4.20. The van der Waals surface area contributed by atoms with Gasteiger partial charge in [0.1, 0.15) is 30.2 Å². The number of fused-ring (bicyclic) bond motifs is 1. The average molecular weight is 1100 g/mol. The summed E-state index contributed by atoms with van der Waals surface area (Å²) in [7, 11) is 0. The van der Waals surface area contributed by atoms with Crippen molar-refractivity contribution in [2.75, 3.05) is 13.1 Å². The SMILES string of the molecule is CC(C)C[C@@H](CN[C@@H](CC(C)C)C(N)=O)N[C@@H](Cc1cnc[nH]1)C(=O)NC(=O)CNC(=O)[C@@H](NC(=O)[C@H](C)NC(=O)[C@H](Cc1c[nH]c2ccccc12)NC(=O)[C@H](Cc1cnc[nH]1)NC(=O)[C@H](CC(N)=O)NC(=O)[C@@H](C)N)C(C)C. The lowest BCUT2D eigenvalue weighted by Gasteiger charge is -2.28. The molecule has 0 aliphatic carbocycles. The fourth-order valence-corrected chi connectivity index (χ4v) is 8.52. The standard InChI is InChI=1S/C52H79N17O10/c1-26(2)13-34(22-59-37(45(55)72)14-27(3)4)64-39(16-32-20-56-24-61-32)51(78)68-43(71)23-60-52(79)44(28(5)6)69-47(74)30(8)63-48(75)38(15-31-19-58-36-12-10-9-11-35(31)36)66-49(76)40(17-33-21-57-25-62-33)67-50(77)41(18-42(54)70)65-46(73)29(7)53/h9-12,19-21,24-30,34,37-41,44,58-59,64H,13-18,22-23,53H2,1-8H3,(H2,54,70)(H2,55,72)(H,56,61)(H,57,62)(H,60,79)(H,63,75)(H,65,73)(H,66,76)(H,67,77)(H,69,74)(H,68,71,78)/t29-,30+,34+,37+,38+,39+,40+,41+,44+/m1/s1. The van der Waals surface area contributed by atoms with Crippen molar-refractivity contribution in [1.82, 2.24) is 72.8 Å². The highest BCUT2D eigenvalue weighted by Gasteiger charge is 2.34. The van der Waals surface area contributed by atoms with Crippen LogP contribution in [0.15, 0.2) is 55.5 Å². The molecular formula is C52H79N17O10. The first-order valence-corrected chi connectivity index (χ1v) is 26.3. The summed E-state index contributed by atoms with van der Waals surface area (Å²) in [4.78, 5) is 150. The van der Waals surface area contributed by atoms with E-state index in [1.807, 2.05) is 45.9 Å². The predicted molar refractivity (Wildman–Crippen MR) is 291 cm³/mol. The molecule has 0 unspecified atom stereocenters. The maximum atomic E-state index is 14.3. The summed E-state index contributed by atoms with van der Waals surface area (Å²) in [6.07, 6.45) is 7.69. The largest absolute Gasteiger partial charge is 0.370 e. The third-order valence-electron chi connectivity index (χ3n) is 12.6. The Morgan fingerprint density at radius 3 is 1.72 bits per heavy atom. The zero-order chi connectivity index (χ0) is 58.5. The minimum atomic E-state index is -1.52. The van der Waals surface area contributed by atoms with Crippen LogP contribution in [-0.4, -0.2) is 151 Å². The summed E-state index contributed by atoms with van der Waals surface area (Å²) in [5, 5.41) is 25.0. The van der Waals surface area contributed by atoms with Crippen molar-refractivity contribution in [2.45, 2.75) is 148 Å². The minimum Gasteiger partial charge on any atom is -0.370 e. The molecular weight excluding hydrogens is 1020 g/mol. The molecule has 9 atom stereocenters. The lowest BCUT2D eigenvalue weighted by Crippen LogP contribution is -2.60. The zero-order valence-corrected chi connectivity index (χ0v) is 46.0. The molecule has 0 radical (unpaired) electrons. The first kappa shape index (κ1) is 63.5. The van der Waals surface area contributed by atoms with Crippen molar-refractivity contribution >= 4 is 70.0 Å². The molecule has 0 aliphatic rings. The van der Waals surface area contributed by atoms with E-state index >= 15 is 0 Å². The van der Waals surface area contributed by atoms with Gasteiger partial charge in [-0.3, -0.25) is 53.3 Å². The molecule has 0 bridgehead atoms. The van der Waals surface area contributed by atoms with E-state index in [0.717, 1.165) is 10.9 Å². The highest BCUT2D eigenvalue weighted by molar-refractivity contribution is 6.01. The number of primary amides is 2. The number of benzene rings is 1. The van der Waals surface area contributed by atoms with E-state index in [1.54, 1.807) is 32.3 Å². The molecule has 0 saturated heterocycles. The Labute approximate surface area is 458 Å². The number of nitrogens with zero attached hydrogens (tertiary/aromatic N) is 2. The van der Waals surface area contributed by atoms with Gasteiger partial charge < -0.3 is 74.7 Å². The van der Waals surface area contributed by atoms with E-state index in [2.05, 4.69) is 72.8 Å². The number of hydrogen-bond donors (Lipinski definition) is 15. The van der Waals surface area contributed by atoms with Crippen molar-refractivity contribution in [3.8, 4) is 0 Å². The molecule has 79 heavy (non-hydrogen) atoms. The summed E-state index contributed by atoms with van der Waals surface area (Å²) in [5.74, 6) is -8.14. The van der Waals surface area contributed by atoms with Crippen LogP contribution in [0.25, 0.3) is 10.9 Å². The molecule has 432 valence electrons. The summed E-state index contributed by atoms with van der Waals surface area (Å²) in [5.41, 5.74) is 19.1. The summed E-state index contributed by atoms with van der Waals surface area (Å²) >= 11 is 0. The van der Waals surface area contributed by atoms with Crippen molar-refractivity contribution in [3.63, 3.8) is 0 Å². The third-order valence-corrected chi connectivity index (χ3v) is 12.6. The topological polar surface area (TPSA) is 430 Å². The van der Waals surface area contributed by atoms with Gasteiger partial charge in [-0.2, -0.15) is 0 Å². The van der Waals surface area contributed by atoms with Crippen LogP contribution in [0.5, 0.6) is 0 Å². The van der Waals surface area contributed by atoms with Crippen LogP contribution < -0.4 is 65.1 Å². The van der Waals surface area contributed by atoms with Crippen LogP contribution in [0, 0.1) is 17.8 Å². The van der Waals surface area contributed by atoms with Gasteiger partial charge in [-0.05, 0) is 56.1 Å². The fraction of sp³-hybridized carbons (Fsp3) is 0.538. The van der Waals surface area contributed by atoms with Crippen molar-refractivity contribution in [1.29, 1.82) is 0 Å². The molecule has 1 aromatic carbocycles. The quantitative estimate of drug-likeness (QED) is 0.0236. The normalized spacial score (nSPS) is 14.9. The molecule has 4 rings (SSSR count). The van der Waals surface area contributed by atoms with Crippen LogP contribution in [0.1, 0.15) is 91.6 Å². The number of hydrogen-bond acceptors (Lipinski definition) is 15. The van der Waals surface area contributed by atoms with Gasteiger partial charge in [0.05, 0.1) is 43.7 Å². The summed E-state index contributed by atoms with van der Waals surface area (Å²) in [6.45, 7) is 13.6. The van der Waals surface area contributed by atoms with Gasteiger partial charge in [0.15, 0.2) is 0 Å². The number of imidazole rings is 2. The Bertz CT molecular complexity index is 2690. The van der Waals surface area contributed by atoms with Crippen LogP contribution >= 0.6 is 0 Å². The summed E-state index contributed by atoms with van der Waals surface area (Å²) < 4.78 is 0. The minimum absolute atomic E-state index is 0.111. The molecule has 0 aliphatic heterocycles. The zero-order valence-electron chi connectivity index (χ0n) is 46.0. The molecule has 0 spiro atoms. The second-order valence-corrected chi connectivity index (χ2v) is 20.9. The number of carbonyl (C=O) groups is 10. The van der Waals surface area contributed by atoms with Gasteiger partial charge in [-0.15, -0.1) is 0 Å². The Balaban J connectivity index is 1.47. The van der Waals surface area contributed by atoms with E-state index in [-0.39, 0.29) is 37.1 Å². The van der Waals surface area contributed by atoms with E-state index in [0.29, 0.717) is 36.3 Å². The van der Waals surface area contributed by atoms with Crippen molar-refractivity contribution in [2.24, 2.45) is 35.0 Å². The molecule has 10 amide bonds. The predicted octanol–water partition coefficient (Wildman–Crippen LogP) is -2.41. The van der Waals surface area contributed by atoms with Crippen LogP contribution in [0.4, 0.5) is 0 Å². The van der Waals surface area contributed by atoms with Gasteiger partial charge in [-0.1, -0.05) is 59.7 Å². The number of imide groups is 1. The van der Waals surface area contributed by atoms with Crippen LogP contribution in [-0.2, 0) is 67.2 Å². The van der Waals surface area contributed by atoms with E-state index in [1.165, 1.54) is 32.7 Å². The first-order chi connectivity index (χ1) is 37.3. The molecule has 27 nitrogen and oxygen atoms in total. The number of nitrogens with two attached hydrogens (primary N) is 3. The van der Waals surface area contributed by atoms with E-state index in [4.69, 9.17) is 17.2 Å². The summed E-state index contributed by atoms with van der Waals surface area (Å²) in [6, 6.07) is -2.65. The first-order valence-electron chi connectivity index (χ1n) is 26.3. The third kappa shape index (κ3) is 21.0. The molecule has 3 aromatic heterocycles. The Kier molecular flexibility index (Phi) is 24.7. The van der Waals surface area contributed by atoms with Gasteiger partial charge in [-0.25, -0.2) is 9.97 Å². The van der Waals surface area contributed by atoms with Crippen LogP contribution in [0.2, 0.25) is 0 Å². The van der Waals surface area contributed by atoms with Crippen molar-refractivity contribution in [3.05, 3.63) is 72.5 Å². The fourth-order valence-electron chi connectivity index (χ4n) is 8.52. The second kappa shape index (κ2) is 30.8. The second-order valence-electron chi connectivity index (χ2n) is 20.9. The van der Waals surface area contributed by atoms with Gasteiger partial charge >= 0.3 is 0 Å². The number of para-hydroxylation sites is 1. The smallest absolute Gasteiger partial charge is 0.245 e. The lowest BCUT2D eigenvalue weighted by molar-refractivity contribution is -0.136.